The molecule has 22 heteroatoms. The number of aliphatic hydroxyl groups excluding tert-OH is 1. The lowest BCUT2D eigenvalue weighted by Gasteiger charge is -2.27. The third-order valence-electron chi connectivity index (χ3n) is 5.57. The van der Waals surface area contributed by atoms with Gasteiger partial charge >= 0.3 is 11.9 Å². The van der Waals surface area contributed by atoms with E-state index < -0.39 is 43.0 Å². The van der Waals surface area contributed by atoms with E-state index in [0.717, 1.165) is 36.7 Å². The summed E-state index contributed by atoms with van der Waals surface area (Å²) in [7, 11) is -7.80. The molecule has 1 fully saturated rings. The summed E-state index contributed by atoms with van der Waals surface area (Å²) >= 11 is 6.85. The second-order valence-electron chi connectivity index (χ2n) is 10.4. The number of hydrogen-bond donors (Lipinski definition) is 7. The fourth-order valence-electron chi connectivity index (χ4n) is 3.45. The summed E-state index contributed by atoms with van der Waals surface area (Å²) in [6, 6.07) is 2.15. The van der Waals surface area contributed by atoms with Crippen LogP contribution in [0.4, 0.5) is 11.5 Å². The minimum Gasteiger partial charge on any atom is -0.478 e. The van der Waals surface area contributed by atoms with Gasteiger partial charge in [-0.15, -0.1) is 4.37 Å². The number of rotatable bonds is 9. The molecule has 1 aromatic carbocycles. The molecule has 2 aliphatic heterocycles. The number of halogens is 1. The van der Waals surface area contributed by atoms with Gasteiger partial charge in [-0.25, -0.2) is 31.6 Å². The van der Waals surface area contributed by atoms with Crippen molar-refractivity contribution in [1.82, 2.24) is 18.8 Å². The molecule has 0 radical (unpaired) electrons. The Labute approximate surface area is 275 Å². The molecular weight excluding hydrogens is 694 g/mol. The van der Waals surface area contributed by atoms with Crippen molar-refractivity contribution in [3.63, 3.8) is 0 Å². The van der Waals surface area contributed by atoms with E-state index in [1.165, 1.54) is 6.07 Å². The molecule has 0 bridgehead atoms. The van der Waals surface area contributed by atoms with Crippen LogP contribution in [0.1, 0.15) is 20.8 Å². The number of nitrogens with two attached hydrogens (primary N) is 1. The summed E-state index contributed by atoms with van der Waals surface area (Å²) in [5.74, 6) is -1.27. The number of fused-ring (bicyclic) bond motifs is 1. The van der Waals surface area contributed by atoms with Crippen molar-refractivity contribution in [3.8, 4) is 5.88 Å². The molecule has 1 saturated heterocycles. The molecule has 1 atom stereocenters. The third kappa shape index (κ3) is 13.3. The Bertz CT molecular complexity index is 1570. The Morgan fingerprint density at radius 3 is 2.37 bits per heavy atom. The Morgan fingerprint density at radius 2 is 1.83 bits per heavy atom. The minimum absolute atomic E-state index is 0.0143. The first-order chi connectivity index (χ1) is 21.3. The van der Waals surface area contributed by atoms with E-state index >= 15 is 0 Å². The van der Waals surface area contributed by atoms with Crippen LogP contribution in [0.2, 0.25) is 5.02 Å². The number of carbonyl (C=O) groups is 2. The van der Waals surface area contributed by atoms with Crippen molar-refractivity contribution in [2.45, 2.75) is 42.2 Å². The highest BCUT2D eigenvalue weighted by Crippen LogP contribution is 2.32. The van der Waals surface area contributed by atoms with Gasteiger partial charge in [-0.1, -0.05) is 11.6 Å². The van der Waals surface area contributed by atoms with Crippen LogP contribution in [0.5, 0.6) is 5.88 Å². The van der Waals surface area contributed by atoms with E-state index in [0.29, 0.717) is 37.8 Å². The zero-order chi connectivity index (χ0) is 34.7. The first kappa shape index (κ1) is 39.0. The number of benzene rings is 1. The molecule has 0 unspecified atom stereocenters. The molecular formula is C24H36ClN7O11S3. The van der Waals surface area contributed by atoms with Crippen LogP contribution in [-0.4, -0.2) is 111 Å². The van der Waals surface area contributed by atoms with Crippen LogP contribution in [0.15, 0.2) is 34.1 Å². The quantitative estimate of drug-likeness (QED) is 0.166. The van der Waals surface area contributed by atoms with Crippen LogP contribution in [0.25, 0.3) is 0 Å². The molecule has 8 N–H and O–H groups in total. The lowest BCUT2D eigenvalue weighted by Crippen LogP contribution is -2.42. The zero-order valence-electron chi connectivity index (χ0n) is 25.0. The SMILES string of the molecule is CC(C)(C)NC[C@H](O)COc1nsnc1N1CCOCC1.NS(=O)(=O)c1cc2c(cc1Cl)NCNS2(=O)=O.O=C(O)/C=C\C(=O)O. The van der Waals surface area contributed by atoms with Crippen LogP contribution in [0, 0.1) is 0 Å². The summed E-state index contributed by atoms with van der Waals surface area (Å²) in [4.78, 5) is 20.6. The van der Waals surface area contributed by atoms with Crippen molar-refractivity contribution < 1.29 is 51.2 Å². The predicted octanol–water partition coefficient (Wildman–Crippen LogP) is -0.137. The number of nitrogens with one attached hydrogen (secondary N) is 3. The van der Waals surface area contributed by atoms with Gasteiger partial charge in [0.1, 0.15) is 22.5 Å². The normalized spacial score (nSPS) is 16.5. The number of hydrogen-bond acceptors (Lipinski definition) is 15. The van der Waals surface area contributed by atoms with Crippen molar-refractivity contribution >= 4 is 66.8 Å². The van der Waals surface area contributed by atoms with Gasteiger partial charge in [0, 0.05) is 37.3 Å². The van der Waals surface area contributed by atoms with Crippen molar-refractivity contribution in [2.75, 3.05) is 56.3 Å². The Hall–Kier alpha value is -3.15. The molecule has 0 spiro atoms. The molecule has 4 rings (SSSR count). The van der Waals surface area contributed by atoms with Crippen molar-refractivity contribution in [2.24, 2.45) is 5.14 Å². The summed E-state index contributed by atoms with van der Waals surface area (Å²) < 4.78 is 67.3. The molecule has 0 aliphatic carbocycles. The predicted molar refractivity (Wildman–Crippen MR) is 168 cm³/mol. The average molecular weight is 730 g/mol. The first-order valence-electron chi connectivity index (χ1n) is 13.2. The number of morpholine rings is 1. The molecule has 2 aromatic rings. The van der Waals surface area contributed by atoms with Crippen LogP contribution >= 0.6 is 23.3 Å². The number of aliphatic carboxylic acids is 2. The standard InChI is InChI=1S/C13H24N4O3S.C7H8ClN3O4S2.C4H4O4/c1-13(2,3)14-8-10(18)9-20-12-11(15-21-16-12)17-4-6-19-7-5-17;8-4-1-5-7(2-6(4)16(9,12)13)17(14,15)11-3-10-5;5-3(6)1-2-4(7)8/h10,14,18H,4-9H2,1-3H3;1-2,10-11H,3H2,(H2,9,12,13);1-2H,(H,5,6)(H,7,8)/b;;2-1-/t10-;;/m0../s1. The number of carboxylic acids is 2. The molecule has 0 saturated carbocycles. The number of β-amino-alcohol motifs (C(OH)–C–C–N with tert-alkyl or cyclic N) is 1. The number of nitrogens with zero attached hydrogens (tertiary/aromatic N) is 3. The number of anilines is 2. The monoisotopic (exact) mass is 729 g/mol. The number of carboxylic acid groups (broad SMARTS) is 2. The maximum absolute atomic E-state index is 11.6. The van der Waals surface area contributed by atoms with Gasteiger partial charge in [-0.2, -0.15) is 9.10 Å². The Kier molecular flexibility index (Phi) is 14.5. The maximum Gasteiger partial charge on any atom is 0.328 e. The Morgan fingerprint density at radius 1 is 1.22 bits per heavy atom. The topological polar surface area (TPSA) is 273 Å². The molecule has 1 aromatic heterocycles. The maximum atomic E-state index is 11.6. The number of ether oxygens (including phenoxy) is 2. The summed E-state index contributed by atoms with van der Waals surface area (Å²) in [5.41, 5.74) is 0.212. The number of aromatic nitrogens is 2. The van der Waals surface area contributed by atoms with Gasteiger partial charge in [-0.05, 0) is 32.9 Å². The van der Waals surface area contributed by atoms with Gasteiger partial charge < -0.3 is 40.3 Å². The smallest absolute Gasteiger partial charge is 0.328 e. The summed E-state index contributed by atoms with van der Waals surface area (Å²) in [5, 5.41) is 36.3. The second-order valence-corrected chi connectivity index (χ2v) is 14.6. The molecule has 258 valence electrons. The molecule has 3 heterocycles. The largest absolute Gasteiger partial charge is 0.478 e. The fraction of sp³-hybridized carbons (Fsp3) is 0.500. The minimum atomic E-state index is -4.07. The van der Waals surface area contributed by atoms with Crippen LogP contribution < -0.4 is 30.1 Å². The van der Waals surface area contributed by atoms with E-state index in [4.69, 9.17) is 36.4 Å². The first-order valence-corrected chi connectivity index (χ1v) is 17.4. The lowest BCUT2D eigenvalue weighted by molar-refractivity contribution is -0.134. The molecule has 2 aliphatic rings. The van der Waals surface area contributed by atoms with Gasteiger partial charge in [0.25, 0.3) is 5.88 Å². The van der Waals surface area contributed by atoms with Crippen molar-refractivity contribution in [1.29, 1.82) is 0 Å². The summed E-state index contributed by atoms with van der Waals surface area (Å²) in [6.45, 7) is 9.82. The second kappa shape index (κ2) is 17.1. The zero-order valence-corrected chi connectivity index (χ0v) is 28.2. The molecule has 46 heavy (non-hydrogen) atoms. The van der Waals surface area contributed by atoms with E-state index in [9.17, 15) is 31.5 Å². The average Bonchev–Trinajstić information content (AvgIpc) is 3.42. The fourth-order valence-corrected chi connectivity index (χ4v) is 6.26. The highest BCUT2D eigenvalue weighted by atomic mass is 35.5. The van der Waals surface area contributed by atoms with Crippen LogP contribution in [0.3, 0.4) is 0 Å². The van der Waals surface area contributed by atoms with Gasteiger partial charge in [0.15, 0.2) is 0 Å². The van der Waals surface area contributed by atoms with E-state index in [-0.39, 0.29) is 34.4 Å². The highest BCUT2D eigenvalue weighted by Gasteiger charge is 2.27. The van der Waals surface area contributed by atoms with Gasteiger partial charge in [0.2, 0.25) is 25.9 Å². The van der Waals surface area contributed by atoms with Gasteiger partial charge in [0.05, 0.1) is 42.3 Å². The van der Waals surface area contributed by atoms with E-state index in [1.54, 1.807) is 0 Å². The number of sulfonamides is 2. The number of aliphatic hydroxyl groups is 1. The molecule has 0 amide bonds. The van der Waals surface area contributed by atoms with E-state index in [2.05, 4.69) is 49.8 Å². The highest BCUT2D eigenvalue weighted by molar-refractivity contribution is 7.90. The molecule has 18 nitrogen and oxygen atoms in total. The van der Waals surface area contributed by atoms with Crippen LogP contribution in [-0.2, 0) is 34.4 Å². The summed E-state index contributed by atoms with van der Waals surface area (Å²) in [6.07, 6.45) is 0.536. The lowest BCUT2D eigenvalue weighted by atomic mass is 10.1. The van der Waals surface area contributed by atoms with Crippen molar-refractivity contribution in [3.05, 3.63) is 29.3 Å². The number of primary sulfonamides is 1. The van der Waals surface area contributed by atoms with Gasteiger partial charge in [-0.3, -0.25) is 0 Å². The Balaban J connectivity index is 0.000000264. The van der Waals surface area contributed by atoms with E-state index in [1.807, 2.05) is 0 Å². The third-order valence-corrected chi connectivity index (χ3v) is 8.89.